The molecule has 3 rings (SSSR count). The molecule has 8 nitrogen and oxygen atoms in total. The van der Waals surface area contributed by atoms with Gasteiger partial charge in [-0.25, -0.2) is 4.98 Å². The van der Waals surface area contributed by atoms with Crippen LogP contribution in [-0.4, -0.2) is 61.8 Å². The molecule has 0 spiro atoms. The van der Waals surface area contributed by atoms with Gasteiger partial charge in [-0.3, -0.25) is 14.0 Å². The second-order valence-corrected chi connectivity index (χ2v) is 7.32. The predicted octanol–water partition coefficient (Wildman–Crippen LogP) is 1.63. The van der Waals surface area contributed by atoms with Gasteiger partial charge in [0.1, 0.15) is 0 Å². The van der Waals surface area contributed by atoms with Gasteiger partial charge >= 0.3 is 5.97 Å². The summed E-state index contributed by atoms with van der Waals surface area (Å²) in [6.45, 7) is 7.14. The molecule has 9 heteroatoms. The molecule has 0 N–H and O–H groups in total. The number of esters is 1. The van der Waals surface area contributed by atoms with Crippen LogP contribution in [0.1, 0.15) is 31.2 Å². The number of likely N-dealkylation sites (tertiary alicyclic amines) is 1. The SMILES string of the molecule is CCOC(=O)[C@H]1CCCN(C(=O)CSc2nnc3nc(C)cc(C)n23)C1. The third-order valence-corrected chi connectivity index (χ3v) is 5.30. The fourth-order valence-corrected chi connectivity index (χ4v) is 4.06. The smallest absolute Gasteiger partial charge is 0.310 e. The lowest BCUT2D eigenvalue weighted by Crippen LogP contribution is -2.43. The normalized spacial score (nSPS) is 17.5. The molecule has 1 amide bonds. The van der Waals surface area contributed by atoms with Crippen molar-refractivity contribution >= 4 is 29.4 Å². The van der Waals surface area contributed by atoms with Crippen LogP contribution in [0.25, 0.3) is 5.78 Å². The molecule has 1 atom stereocenters. The Morgan fingerprint density at radius 1 is 1.35 bits per heavy atom. The lowest BCUT2D eigenvalue weighted by atomic mass is 9.98. The van der Waals surface area contributed by atoms with Crippen LogP contribution in [0.5, 0.6) is 0 Å². The summed E-state index contributed by atoms with van der Waals surface area (Å²) in [6, 6.07) is 1.96. The number of hydrogen-bond acceptors (Lipinski definition) is 7. The molecule has 0 aromatic carbocycles. The van der Waals surface area contributed by atoms with E-state index in [2.05, 4.69) is 15.2 Å². The van der Waals surface area contributed by atoms with Crippen LogP contribution in [-0.2, 0) is 14.3 Å². The largest absolute Gasteiger partial charge is 0.466 e. The molecule has 0 saturated carbocycles. The van der Waals surface area contributed by atoms with Crippen molar-refractivity contribution in [1.29, 1.82) is 0 Å². The van der Waals surface area contributed by atoms with Gasteiger partial charge in [-0.1, -0.05) is 11.8 Å². The van der Waals surface area contributed by atoms with E-state index in [0.29, 0.717) is 30.6 Å². The van der Waals surface area contributed by atoms with Crippen molar-refractivity contribution in [2.24, 2.45) is 5.92 Å². The third-order valence-electron chi connectivity index (χ3n) is 4.38. The highest BCUT2D eigenvalue weighted by Gasteiger charge is 2.29. The molecule has 0 aliphatic carbocycles. The molecule has 3 heterocycles. The lowest BCUT2D eigenvalue weighted by molar-refractivity contribution is -0.151. The maximum atomic E-state index is 12.6. The van der Waals surface area contributed by atoms with Gasteiger partial charge in [-0.05, 0) is 39.7 Å². The van der Waals surface area contributed by atoms with Gasteiger partial charge in [-0.2, -0.15) is 0 Å². The van der Waals surface area contributed by atoms with Gasteiger partial charge in [0.15, 0.2) is 5.16 Å². The molecule has 1 saturated heterocycles. The Balaban J connectivity index is 1.63. The van der Waals surface area contributed by atoms with E-state index in [0.717, 1.165) is 24.2 Å². The number of carbonyl (C=O) groups excluding carboxylic acids is 2. The Morgan fingerprint density at radius 2 is 2.15 bits per heavy atom. The van der Waals surface area contributed by atoms with Crippen molar-refractivity contribution in [3.63, 3.8) is 0 Å². The minimum absolute atomic E-state index is 0.00141. The Morgan fingerprint density at radius 3 is 2.92 bits per heavy atom. The standard InChI is InChI=1S/C17H23N5O3S/c1-4-25-15(24)13-6-5-7-21(9-13)14(23)10-26-17-20-19-16-18-11(2)8-12(3)22(16)17/h8,13H,4-7,9-10H2,1-3H3/t13-/m0/s1. The van der Waals surface area contributed by atoms with Crippen molar-refractivity contribution in [3.8, 4) is 0 Å². The minimum Gasteiger partial charge on any atom is -0.466 e. The van der Waals surface area contributed by atoms with Gasteiger partial charge in [0, 0.05) is 24.5 Å². The van der Waals surface area contributed by atoms with E-state index in [-0.39, 0.29) is 23.5 Å². The first-order chi connectivity index (χ1) is 12.5. The highest BCUT2D eigenvalue weighted by Crippen LogP contribution is 2.22. The molecule has 1 fully saturated rings. The van der Waals surface area contributed by atoms with Crippen LogP contribution in [0.4, 0.5) is 0 Å². The number of aromatic nitrogens is 4. The second kappa shape index (κ2) is 8.03. The van der Waals surface area contributed by atoms with Crippen LogP contribution in [0.3, 0.4) is 0 Å². The van der Waals surface area contributed by atoms with Crippen LogP contribution >= 0.6 is 11.8 Å². The van der Waals surface area contributed by atoms with Crippen LogP contribution in [0.15, 0.2) is 11.2 Å². The van der Waals surface area contributed by atoms with Crippen molar-refractivity contribution in [3.05, 3.63) is 17.5 Å². The topological polar surface area (TPSA) is 89.7 Å². The van der Waals surface area contributed by atoms with Crippen molar-refractivity contribution in [2.75, 3.05) is 25.4 Å². The second-order valence-electron chi connectivity index (χ2n) is 6.38. The highest BCUT2D eigenvalue weighted by atomic mass is 32.2. The van der Waals surface area contributed by atoms with E-state index in [1.54, 1.807) is 11.8 Å². The Kier molecular flexibility index (Phi) is 5.75. The maximum Gasteiger partial charge on any atom is 0.310 e. The monoisotopic (exact) mass is 377 g/mol. The molecular formula is C17H23N5O3S. The summed E-state index contributed by atoms with van der Waals surface area (Å²) in [6.07, 6.45) is 1.59. The summed E-state index contributed by atoms with van der Waals surface area (Å²) in [7, 11) is 0. The molecule has 2 aromatic heterocycles. The third kappa shape index (κ3) is 3.98. The van der Waals surface area contributed by atoms with E-state index in [9.17, 15) is 9.59 Å². The van der Waals surface area contributed by atoms with Crippen LogP contribution in [0, 0.1) is 19.8 Å². The summed E-state index contributed by atoms with van der Waals surface area (Å²) >= 11 is 1.34. The van der Waals surface area contributed by atoms with E-state index in [4.69, 9.17) is 4.74 Å². The van der Waals surface area contributed by atoms with Gasteiger partial charge in [0.2, 0.25) is 5.91 Å². The fourth-order valence-electron chi connectivity index (χ4n) is 3.17. The Labute approximate surface area is 156 Å². The summed E-state index contributed by atoms with van der Waals surface area (Å²) < 4.78 is 6.94. The minimum atomic E-state index is -0.221. The fraction of sp³-hybridized carbons (Fsp3) is 0.588. The summed E-state index contributed by atoms with van der Waals surface area (Å²) in [5, 5.41) is 8.88. The number of rotatable bonds is 5. The van der Waals surface area contributed by atoms with Gasteiger partial charge < -0.3 is 9.64 Å². The number of piperidine rings is 1. The average Bonchev–Trinajstić information content (AvgIpc) is 3.03. The summed E-state index contributed by atoms with van der Waals surface area (Å²) in [5.41, 5.74) is 1.86. The summed E-state index contributed by atoms with van der Waals surface area (Å²) in [4.78, 5) is 30.6. The lowest BCUT2D eigenvalue weighted by Gasteiger charge is -2.31. The average molecular weight is 377 g/mol. The molecule has 140 valence electrons. The first-order valence-corrected chi connectivity index (χ1v) is 9.74. The maximum absolute atomic E-state index is 12.6. The molecule has 2 aromatic rings. The van der Waals surface area contributed by atoms with Crippen LogP contribution in [0.2, 0.25) is 0 Å². The number of carbonyl (C=O) groups is 2. The molecule has 0 bridgehead atoms. The zero-order valence-electron chi connectivity index (χ0n) is 15.3. The summed E-state index contributed by atoms with van der Waals surface area (Å²) in [5.74, 6) is 0.361. The number of thioether (sulfide) groups is 1. The van der Waals surface area contributed by atoms with E-state index >= 15 is 0 Å². The number of aryl methyl sites for hydroxylation is 2. The van der Waals surface area contributed by atoms with Crippen LogP contribution < -0.4 is 0 Å². The van der Waals surface area contributed by atoms with Crippen molar-refractivity contribution in [2.45, 2.75) is 38.8 Å². The molecule has 0 unspecified atom stereocenters. The molecule has 1 aliphatic heterocycles. The van der Waals surface area contributed by atoms with Gasteiger partial charge in [0.05, 0.1) is 18.3 Å². The highest BCUT2D eigenvalue weighted by molar-refractivity contribution is 7.99. The molecule has 0 radical (unpaired) electrons. The predicted molar refractivity (Wildman–Crippen MR) is 96.9 cm³/mol. The van der Waals surface area contributed by atoms with Gasteiger partial charge in [-0.15, -0.1) is 10.2 Å². The first kappa shape index (κ1) is 18.6. The Hall–Kier alpha value is -2.16. The van der Waals surface area contributed by atoms with Crippen molar-refractivity contribution < 1.29 is 14.3 Å². The van der Waals surface area contributed by atoms with Gasteiger partial charge in [0.25, 0.3) is 5.78 Å². The van der Waals surface area contributed by atoms with E-state index in [1.165, 1.54) is 11.8 Å². The molecular weight excluding hydrogens is 354 g/mol. The number of amides is 1. The Bertz CT molecular complexity index is 822. The quantitative estimate of drug-likeness (QED) is 0.578. The number of hydrogen-bond donors (Lipinski definition) is 0. The van der Waals surface area contributed by atoms with E-state index in [1.807, 2.05) is 24.3 Å². The molecule has 1 aliphatic rings. The first-order valence-electron chi connectivity index (χ1n) is 8.76. The zero-order chi connectivity index (χ0) is 18.7. The van der Waals surface area contributed by atoms with Crippen molar-refractivity contribution in [1.82, 2.24) is 24.5 Å². The molecule has 26 heavy (non-hydrogen) atoms. The van der Waals surface area contributed by atoms with E-state index < -0.39 is 0 Å². The number of nitrogens with zero attached hydrogens (tertiary/aromatic N) is 5. The number of ether oxygens (including phenoxy) is 1. The zero-order valence-corrected chi connectivity index (χ0v) is 16.1. The number of fused-ring (bicyclic) bond motifs is 1.